The lowest BCUT2D eigenvalue weighted by Gasteiger charge is -2.41. The monoisotopic (exact) mass is 425 g/mol. The predicted molar refractivity (Wildman–Crippen MR) is 121 cm³/mol. The van der Waals surface area contributed by atoms with E-state index in [1.807, 2.05) is 46.8 Å². The van der Waals surface area contributed by atoms with Crippen molar-refractivity contribution in [3.05, 3.63) is 74.8 Å². The van der Waals surface area contributed by atoms with Crippen LogP contribution >= 0.6 is 0 Å². The van der Waals surface area contributed by atoms with Crippen molar-refractivity contribution in [3.8, 4) is 0 Å². The third kappa shape index (κ3) is 5.10. The van der Waals surface area contributed by atoms with Crippen LogP contribution in [-0.4, -0.2) is 27.8 Å². The molecule has 166 valence electrons. The number of aryl methyl sites for hydroxylation is 2. The lowest BCUT2D eigenvalue weighted by molar-refractivity contribution is -0.385. The van der Waals surface area contributed by atoms with Crippen LogP contribution in [0.1, 0.15) is 72.4 Å². The molecule has 0 fully saturated rings. The highest BCUT2D eigenvalue weighted by Crippen LogP contribution is 2.34. The lowest BCUT2D eigenvalue weighted by Crippen LogP contribution is -2.56. The average Bonchev–Trinajstić information content (AvgIpc) is 2.75. The smallest absolute Gasteiger partial charge is 0.267 e. The van der Waals surface area contributed by atoms with Gasteiger partial charge in [-0.15, -0.1) is 0 Å². The molecule has 0 spiro atoms. The number of para-hydroxylation sites is 1. The second-order valence-electron chi connectivity index (χ2n) is 8.25. The van der Waals surface area contributed by atoms with Crippen LogP contribution in [0.2, 0.25) is 0 Å². The van der Waals surface area contributed by atoms with Gasteiger partial charge in [-0.3, -0.25) is 25.1 Å². The standard InChI is InChI=1S/C24H31N3O4/c1-7-24(6,8-2)18(5)26(25-22(28)19-14-12-16(3)13-15-19)23(29)20-11-9-10-17(4)21(20)27(30)31/h9-15,18H,7-8H2,1-6H3,(H,25,28). The largest absolute Gasteiger partial charge is 0.285 e. The minimum absolute atomic E-state index is 0.0457. The van der Waals surface area contributed by atoms with Gasteiger partial charge in [-0.25, -0.2) is 5.01 Å². The van der Waals surface area contributed by atoms with Crippen molar-refractivity contribution < 1.29 is 14.5 Å². The highest BCUT2D eigenvalue weighted by Gasteiger charge is 2.38. The Labute approximate surface area is 183 Å². The Balaban J connectivity index is 2.53. The number of carbonyl (C=O) groups is 2. The molecule has 0 heterocycles. The number of carbonyl (C=O) groups excluding carboxylic acids is 2. The minimum atomic E-state index is -0.600. The Morgan fingerprint density at radius 3 is 2.19 bits per heavy atom. The third-order valence-electron chi connectivity index (χ3n) is 6.42. The van der Waals surface area contributed by atoms with Crippen LogP contribution in [0.5, 0.6) is 0 Å². The maximum Gasteiger partial charge on any atom is 0.285 e. The normalized spacial score (nSPS) is 12.2. The average molecular weight is 426 g/mol. The molecule has 31 heavy (non-hydrogen) atoms. The third-order valence-corrected chi connectivity index (χ3v) is 6.42. The summed E-state index contributed by atoms with van der Waals surface area (Å²) < 4.78 is 0. The molecule has 0 saturated carbocycles. The number of nitrogens with zero attached hydrogens (tertiary/aromatic N) is 2. The second kappa shape index (κ2) is 9.73. The zero-order valence-electron chi connectivity index (χ0n) is 19.1. The topological polar surface area (TPSA) is 92.6 Å². The molecule has 2 rings (SSSR count). The molecule has 1 atom stereocenters. The quantitative estimate of drug-likeness (QED) is 0.486. The van der Waals surface area contributed by atoms with E-state index in [1.54, 1.807) is 31.2 Å². The van der Waals surface area contributed by atoms with E-state index in [-0.39, 0.29) is 16.7 Å². The number of nitro benzene ring substituents is 1. The molecule has 0 bridgehead atoms. The Morgan fingerprint density at radius 1 is 1.10 bits per heavy atom. The molecule has 7 nitrogen and oxygen atoms in total. The molecular weight excluding hydrogens is 394 g/mol. The van der Waals surface area contributed by atoms with Crippen LogP contribution in [0.15, 0.2) is 42.5 Å². The lowest BCUT2D eigenvalue weighted by atomic mass is 9.77. The van der Waals surface area contributed by atoms with E-state index in [4.69, 9.17) is 0 Å². The van der Waals surface area contributed by atoms with Gasteiger partial charge in [0.25, 0.3) is 17.5 Å². The first-order valence-electron chi connectivity index (χ1n) is 10.5. The molecule has 0 aliphatic heterocycles. The van der Waals surface area contributed by atoms with Crippen molar-refractivity contribution in [1.29, 1.82) is 0 Å². The molecule has 7 heteroatoms. The van der Waals surface area contributed by atoms with Crippen molar-refractivity contribution in [2.75, 3.05) is 0 Å². The molecule has 1 unspecified atom stereocenters. The van der Waals surface area contributed by atoms with E-state index >= 15 is 0 Å². The molecule has 0 aliphatic carbocycles. The number of benzene rings is 2. The van der Waals surface area contributed by atoms with Crippen molar-refractivity contribution in [3.63, 3.8) is 0 Å². The second-order valence-corrected chi connectivity index (χ2v) is 8.25. The number of rotatable bonds is 7. The molecular formula is C24H31N3O4. The van der Waals surface area contributed by atoms with E-state index in [9.17, 15) is 19.7 Å². The summed E-state index contributed by atoms with van der Waals surface area (Å²) in [5, 5.41) is 12.9. The van der Waals surface area contributed by atoms with Gasteiger partial charge < -0.3 is 0 Å². The van der Waals surface area contributed by atoms with Gasteiger partial charge in [-0.05, 0) is 57.2 Å². The Morgan fingerprint density at radius 2 is 1.68 bits per heavy atom. The first-order valence-corrected chi connectivity index (χ1v) is 10.5. The van der Waals surface area contributed by atoms with Crippen LogP contribution in [0, 0.1) is 29.4 Å². The molecule has 1 N–H and O–H groups in total. The number of hydrogen-bond donors (Lipinski definition) is 1. The highest BCUT2D eigenvalue weighted by atomic mass is 16.6. The molecule has 0 aliphatic rings. The number of hydrogen-bond acceptors (Lipinski definition) is 4. The van der Waals surface area contributed by atoms with Crippen molar-refractivity contribution in [1.82, 2.24) is 10.4 Å². The summed E-state index contributed by atoms with van der Waals surface area (Å²) in [5.41, 5.74) is 3.95. The zero-order valence-corrected chi connectivity index (χ0v) is 19.1. The molecule has 0 radical (unpaired) electrons. The van der Waals surface area contributed by atoms with Gasteiger partial charge in [0.15, 0.2) is 0 Å². The van der Waals surface area contributed by atoms with Crippen molar-refractivity contribution in [2.45, 2.75) is 60.4 Å². The summed E-state index contributed by atoms with van der Waals surface area (Å²) in [6.07, 6.45) is 1.54. The van der Waals surface area contributed by atoms with Crippen LogP contribution in [0.3, 0.4) is 0 Å². The van der Waals surface area contributed by atoms with E-state index in [2.05, 4.69) is 5.43 Å². The number of hydrazine groups is 1. The van der Waals surface area contributed by atoms with E-state index in [0.717, 1.165) is 18.4 Å². The maximum atomic E-state index is 13.6. The summed E-state index contributed by atoms with van der Waals surface area (Å²) >= 11 is 0. The fraction of sp³-hybridized carbons (Fsp3) is 0.417. The SMILES string of the molecule is CCC(C)(CC)C(C)N(NC(=O)c1ccc(C)cc1)C(=O)c1cccc(C)c1[N+](=O)[O-]. The van der Waals surface area contributed by atoms with Crippen LogP contribution in [-0.2, 0) is 0 Å². The van der Waals surface area contributed by atoms with E-state index in [0.29, 0.717) is 11.1 Å². The van der Waals surface area contributed by atoms with Gasteiger partial charge in [0.05, 0.1) is 11.0 Å². The highest BCUT2D eigenvalue weighted by molar-refractivity contribution is 6.01. The molecule has 0 saturated heterocycles. The predicted octanol–water partition coefficient (Wildman–Crippen LogP) is 5.21. The summed E-state index contributed by atoms with van der Waals surface area (Å²) in [6.45, 7) is 11.5. The Kier molecular flexibility index (Phi) is 7.55. The Hall–Kier alpha value is -3.22. The molecule has 2 amide bonds. The van der Waals surface area contributed by atoms with Crippen LogP contribution in [0.4, 0.5) is 5.69 Å². The number of amides is 2. The molecule has 2 aromatic carbocycles. The van der Waals surface area contributed by atoms with Crippen molar-refractivity contribution in [2.24, 2.45) is 5.41 Å². The van der Waals surface area contributed by atoms with Gasteiger partial charge in [0.2, 0.25) is 0 Å². The summed E-state index contributed by atoms with van der Waals surface area (Å²) in [6, 6.07) is 11.2. The summed E-state index contributed by atoms with van der Waals surface area (Å²) in [4.78, 5) is 37.6. The van der Waals surface area contributed by atoms with Gasteiger partial charge in [0.1, 0.15) is 5.56 Å². The number of nitro groups is 1. The first kappa shape index (κ1) is 24.1. The first-order chi connectivity index (χ1) is 14.6. The molecule has 0 aromatic heterocycles. The van der Waals surface area contributed by atoms with Crippen LogP contribution < -0.4 is 5.43 Å². The summed E-state index contributed by atoms with van der Waals surface area (Å²) in [7, 11) is 0. The fourth-order valence-electron chi connectivity index (χ4n) is 3.56. The van der Waals surface area contributed by atoms with Crippen LogP contribution in [0.25, 0.3) is 0 Å². The van der Waals surface area contributed by atoms with Gasteiger partial charge in [-0.1, -0.05) is 50.6 Å². The van der Waals surface area contributed by atoms with Gasteiger partial charge in [-0.2, -0.15) is 0 Å². The van der Waals surface area contributed by atoms with Crippen molar-refractivity contribution >= 4 is 17.5 Å². The Bertz CT molecular complexity index is 965. The maximum absolute atomic E-state index is 13.6. The minimum Gasteiger partial charge on any atom is -0.267 e. The summed E-state index contributed by atoms with van der Waals surface area (Å²) in [5.74, 6) is -1.04. The van der Waals surface area contributed by atoms with E-state index < -0.39 is 22.8 Å². The number of nitrogens with one attached hydrogen (secondary N) is 1. The van der Waals surface area contributed by atoms with Gasteiger partial charge >= 0.3 is 0 Å². The zero-order chi connectivity index (χ0) is 23.3. The van der Waals surface area contributed by atoms with Gasteiger partial charge in [0, 0.05) is 11.1 Å². The fourth-order valence-corrected chi connectivity index (χ4v) is 3.56. The van der Waals surface area contributed by atoms with E-state index in [1.165, 1.54) is 11.1 Å². The molecule has 2 aromatic rings.